The number of esters is 1. The Kier molecular flexibility index (Phi) is 9.35. The molecule has 10 nitrogen and oxygen atoms in total. The maximum absolute atomic E-state index is 12.7. The number of aryl methyl sites for hydroxylation is 2. The third-order valence-corrected chi connectivity index (χ3v) is 7.72. The molecule has 0 aliphatic heterocycles. The summed E-state index contributed by atoms with van der Waals surface area (Å²) in [5.74, 6) is 0.800. The van der Waals surface area contributed by atoms with Crippen molar-refractivity contribution in [3.8, 4) is 22.9 Å². The molecule has 2 heterocycles. The highest BCUT2D eigenvalue weighted by molar-refractivity contribution is 5.73. The molecule has 4 rings (SSSR count). The standard InChI is InChI=1S/C29H42N4O6/c1-18(2)38-28(34)20-10-9-13-22(16-20)39-25-15-14-23(30-19(25)3)26-24(33(5)31-27(26)36-6)17-37-29(35)32(4)21-11-7-8-12-21/h14-15,18,20-22H,7-13,16-17H2,1-6H3/t20-,22-/m0/s1. The highest BCUT2D eigenvalue weighted by atomic mass is 16.6. The highest BCUT2D eigenvalue weighted by Crippen LogP contribution is 2.35. The number of carbonyl (C=O) groups excluding carboxylic acids is 2. The fourth-order valence-corrected chi connectivity index (χ4v) is 5.56. The molecule has 0 unspecified atom stereocenters. The molecule has 39 heavy (non-hydrogen) atoms. The van der Waals surface area contributed by atoms with E-state index in [0.717, 1.165) is 44.9 Å². The summed E-state index contributed by atoms with van der Waals surface area (Å²) in [4.78, 5) is 31.7. The van der Waals surface area contributed by atoms with E-state index in [0.29, 0.717) is 40.7 Å². The van der Waals surface area contributed by atoms with Gasteiger partial charge in [-0.1, -0.05) is 12.8 Å². The Labute approximate surface area is 231 Å². The second-order valence-corrected chi connectivity index (χ2v) is 10.9. The maximum Gasteiger partial charge on any atom is 0.410 e. The van der Waals surface area contributed by atoms with Crippen LogP contribution in [0.15, 0.2) is 12.1 Å². The summed E-state index contributed by atoms with van der Waals surface area (Å²) in [7, 11) is 5.15. The molecule has 0 aromatic carbocycles. The number of aromatic nitrogens is 3. The number of rotatable bonds is 9. The molecule has 2 saturated carbocycles. The molecule has 0 N–H and O–H groups in total. The molecule has 2 fully saturated rings. The van der Waals surface area contributed by atoms with Crippen molar-refractivity contribution in [3.05, 3.63) is 23.5 Å². The fourth-order valence-electron chi connectivity index (χ4n) is 5.56. The Hall–Kier alpha value is -3.30. The van der Waals surface area contributed by atoms with Gasteiger partial charge in [-0.2, -0.15) is 0 Å². The van der Waals surface area contributed by atoms with Gasteiger partial charge in [-0.15, -0.1) is 5.10 Å². The van der Waals surface area contributed by atoms with E-state index in [4.69, 9.17) is 23.9 Å². The maximum atomic E-state index is 12.7. The average molecular weight is 543 g/mol. The van der Waals surface area contributed by atoms with Crippen LogP contribution in [0.25, 0.3) is 11.3 Å². The van der Waals surface area contributed by atoms with Crippen molar-refractivity contribution < 1.29 is 28.5 Å². The summed E-state index contributed by atoms with van der Waals surface area (Å²) in [6, 6.07) is 3.99. The van der Waals surface area contributed by atoms with Crippen molar-refractivity contribution >= 4 is 12.1 Å². The molecule has 2 aliphatic rings. The normalized spacial score (nSPS) is 19.7. The van der Waals surface area contributed by atoms with Crippen LogP contribution in [-0.2, 0) is 27.9 Å². The minimum absolute atomic E-state index is 0.0486. The van der Waals surface area contributed by atoms with E-state index in [2.05, 4.69) is 5.10 Å². The average Bonchev–Trinajstić information content (AvgIpc) is 3.56. The minimum atomic E-state index is -0.344. The summed E-state index contributed by atoms with van der Waals surface area (Å²) in [5.41, 5.74) is 2.75. The zero-order chi connectivity index (χ0) is 28.1. The predicted molar refractivity (Wildman–Crippen MR) is 146 cm³/mol. The highest BCUT2D eigenvalue weighted by Gasteiger charge is 2.31. The van der Waals surface area contributed by atoms with Crippen molar-refractivity contribution in [1.82, 2.24) is 19.7 Å². The van der Waals surface area contributed by atoms with Gasteiger partial charge in [-0.05, 0) is 71.4 Å². The lowest BCUT2D eigenvalue weighted by Crippen LogP contribution is -2.35. The van der Waals surface area contributed by atoms with Gasteiger partial charge in [0.15, 0.2) is 0 Å². The van der Waals surface area contributed by atoms with Gasteiger partial charge < -0.3 is 23.8 Å². The van der Waals surface area contributed by atoms with E-state index in [1.54, 1.807) is 30.8 Å². The van der Waals surface area contributed by atoms with E-state index in [-0.39, 0.29) is 42.8 Å². The Morgan fingerprint density at radius 2 is 1.87 bits per heavy atom. The van der Waals surface area contributed by atoms with Crippen LogP contribution >= 0.6 is 0 Å². The molecule has 2 aliphatic carbocycles. The third kappa shape index (κ3) is 6.83. The molecule has 2 atom stereocenters. The fraction of sp³-hybridized carbons (Fsp3) is 0.655. The van der Waals surface area contributed by atoms with Crippen LogP contribution in [0.1, 0.15) is 76.6 Å². The Bertz CT molecular complexity index is 1160. The topological polar surface area (TPSA) is 105 Å². The lowest BCUT2D eigenvalue weighted by atomic mass is 9.87. The molecule has 0 bridgehead atoms. The molecule has 2 aromatic heterocycles. The quantitative estimate of drug-likeness (QED) is 0.398. The van der Waals surface area contributed by atoms with Crippen LogP contribution in [0.4, 0.5) is 4.79 Å². The summed E-state index contributed by atoms with van der Waals surface area (Å²) in [6.45, 7) is 5.68. The number of amides is 1. The molecular formula is C29H42N4O6. The lowest BCUT2D eigenvalue weighted by Gasteiger charge is -2.29. The predicted octanol–water partition coefficient (Wildman–Crippen LogP) is 5.20. The van der Waals surface area contributed by atoms with Gasteiger partial charge in [-0.25, -0.2) is 9.78 Å². The third-order valence-electron chi connectivity index (χ3n) is 7.72. The zero-order valence-electron chi connectivity index (χ0n) is 24.1. The lowest BCUT2D eigenvalue weighted by molar-refractivity contribution is -0.154. The van der Waals surface area contributed by atoms with Crippen LogP contribution in [0.5, 0.6) is 11.6 Å². The first kappa shape index (κ1) is 28.7. The van der Waals surface area contributed by atoms with E-state index in [1.165, 1.54) is 0 Å². The molecule has 0 radical (unpaired) electrons. The number of methoxy groups -OCH3 is 1. The molecule has 0 saturated heterocycles. The van der Waals surface area contributed by atoms with Gasteiger partial charge >= 0.3 is 12.1 Å². The molecule has 1 amide bonds. The van der Waals surface area contributed by atoms with Crippen LogP contribution < -0.4 is 9.47 Å². The number of carbonyl (C=O) groups is 2. The van der Waals surface area contributed by atoms with E-state index < -0.39 is 0 Å². The van der Waals surface area contributed by atoms with E-state index >= 15 is 0 Å². The number of pyridine rings is 1. The van der Waals surface area contributed by atoms with Crippen LogP contribution in [0, 0.1) is 12.8 Å². The first-order valence-corrected chi connectivity index (χ1v) is 14.0. The van der Waals surface area contributed by atoms with Gasteiger partial charge in [-0.3, -0.25) is 9.48 Å². The van der Waals surface area contributed by atoms with Crippen molar-refractivity contribution in [1.29, 1.82) is 0 Å². The van der Waals surface area contributed by atoms with E-state index in [1.807, 2.05) is 32.9 Å². The summed E-state index contributed by atoms with van der Waals surface area (Å²) >= 11 is 0. The van der Waals surface area contributed by atoms with E-state index in [9.17, 15) is 9.59 Å². The van der Waals surface area contributed by atoms with Gasteiger partial charge in [0.05, 0.1) is 47.9 Å². The number of ether oxygens (including phenoxy) is 4. The summed E-state index contributed by atoms with van der Waals surface area (Å²) < 4.78 is 24.6. The Morgan fingerprint density at radius 1 is 1.13 bits per heavy atom. The minimum Gasteiger partial charge on any atom is -0.489 e. The van der Waals surface area contributed by atoms with Gasteiger partial charge in [0.25, 0.3) is 0 Å². The van der Waals surface area contributed by atoms with Crippen molar-refractivity contribution in [2.24, 2.45) is 13.0 Å². The molecule has 10 heteroatoms. The molecule has 0 spiro atoms. The second-order valence-electron chi connectivity index (χ2n) is 10.9. The Morgan fingerprint density at radius 3 is 2.54 bits per heavy atom. The Balaban J connectivity index is 1.47. The first-order valence-electron chi connectivity index (χ1n) is 14.0. The SMILES string of the molecule is COc1nn(C)c(COC(=O)N(C)C2CCCC2)c1-c1ccc(O[C@H]2CCC[C@H](C(=O)OC(C)C)C2)c(C)n1. The van der Waals surface area contributed by atoms with Crippen LogP contribution in [0.3, 0.4) is 0 Å². The molecule has 214 valence electrons. The summed E-state index contributed by atoms with van der Waals surface area (Å²) in [5, 5.41) is 4.47. The van der Waals surface area contributed by atoms with Gasteiger partial charge in [0.1, 0.15) is 12.4 Å². The molecule has 2 aromatic rings. The second kappa shape index (κ2) is 12.7. The number of hydrogen-bond acceptors (Lipinski definition) is 8. The van der Waals surface area contributed by atoms with Crippen LogP contribution in [-0.4, -0.2) is 64.1 Å². The van der Waals surface area contributed by atoms with Gasteiger partial charge in [0, 0.05) is 20.1 Å². The van der Waals surface area contributed by atoms with Crippen LogP contribution in [0.2, 0.25) is 0 Å². The summed E-state index contributed by atoms with van der Waals surface area (Å²) in [6.07, 6.45) is 7.02. The monoisotopic (exact) mass is 542 g/mol. The number of hydrogen-bond donors (Lipinski definition) is 0. The number of nitrogens with zero attached hydrogens (tertiary/aromatic N) is 4. The zero-order valence-corrected chi connectivity index (χ0v) is 24.1. The van der Waals surface area contributed by atoms with Crippen molar-refractivity contribution in [3.63, 3.8) is 0 Å². The van der Waals surface area contributed by atoms with Gasteiger partial charge in [0.2, 0.25) is 5.88 Å². The largest absolute Gasteiger partial charge is 0.489 e. The van der Waals surface area contributed by atoms with Crippen molar-refractivity contribution in [2.75, 3.05) is 14.2 Å². The van der Waals surface area contributed by atoms with Crippen molar-refractivity contribution in [2.45, 2.75) is 97.0 Å². The molecular weight excluding hydrogens is 500 g/mol. The first-order chi connectivity index (χ1) is 18.7. The smallest absolute Gasteiger partial charge is 0.410 e.